The molecule has 1 aromatic heterocycles. The van der Waals surface area contributed by atoms with E-state index in [2.05, 4.69) is 4.98 Å². The van der Waals surface area contributed by atoms with Crippen LogP contribution in [0, 0.1) is 0 Å². The molecule has 2 heterocycles. The quantitative estimate of drug-likeness (QED) is 0.900. The molecule has 0 unspecified atom stereocenters. The normalized spacial score (nSPS) is 20.3. The molecule has 1 aliphatic heterocycles. The second-order valence-electron chi connectivity index (χ2n) is 5.63. The van der Waals surface area contributed by atoms with Crippen LogP contribution in [0.25, 0.3) is 0 Å². The first-order valence-electron chi connectivity index (χ1n) is 7.33. The van der Waals surface area contributed by atoms with Gasteiger partial charge in [0.25, 0.3) is 0 Å². The average Bonchev–Trinajstić information content (AvgIpc) is 2.54. The zero-order chi connectivity index (χ0) is 16.6. The van der Waals surface area contributed by atoms with Crippen molar-refractivity contribution in [2.45, 2.75) is 25.5 Å². The van der Waals surface area contributed by atoms with Crippen molar-refractivity contribution in [2.24, 2.45) is 0 Å². The summed E-state index contributed by atoms with van der Waals surface area (Å²) in [4.78, 5) is 18.3. The van der Waals surface area contributed by atoms with Gasteiger partial charge >= 0.3 is 0 Å². The first-order chi connectivity index (χ1) is 11.0. The number of pyridine rings is 1. The third kappa shape index (κ3) is 3.07. The van der Waals surface area contributed by atoms with Gasteiger partial charge in [-0.25, -0.2) is 0 Å². The van der Waals surface area contributed by atoms with Gasteiger partial charge in [0.1, 0.15) is 0 Å². The standard InChI is InChI=1S/C17H16Cl2N2O2/c1-10-11-4-2-3-5-12(11)16(22)9-21(10)17(23)6-13-14(18)7-20-8-15(13)19/h2-5,7-8,10,16,22H,6,9H2,1H3/t10-,16-/m0/s1. The average molecular weight is 351 g/mol. The maximum Gasteiger partial charge on any atom is 0.227 e. The molecule has 0 radical (unpaired) electrons. The van der Waals surface area contributed by atoms with Crippen LogP contribution in [0.5, 0.6) is 0 Å². The van der Waals surface area contributed by atoms with E-state index in [0.29, 0.717) is 15.6 Å². The number of aliphatic hydroxyl groups excluding tert-OH is 1. The van der Waals surface area contributed by atoms with E-state index < -0.39 is 6.10 Å². The van der Waals surface area contributed by atoms with E-state index in [1.165, 1.54) is 12.4 Å². The first kappa shape index (κ1) is 16.2. The number of carbonyl (C=O) groups is 1. The number of amides is 1. The number of benzene rings is 1. The van der Waals surface area contributed by atoms with Crippen LogP contribution >= 0.6 is 23.2 Å². The minimum atomic E-state index is -0.685. The molecule has 0 spiro atoms. The molecular weight excluding hydrogens is 335 g/mol. The number of carbonyl (C=O) groups excluding carboxylic acids is 1. The highest BCUT2D eigenvalue weighted by Gasteiger charge is 2.32. The Balaban J connectivity index is 1.86. The fourth-order valence-electron chi connectivity index (χ4n) is 2.98. The molecule has 4 nitrogen and oxygen atoms in total. The van der Waals surface area contributed by atoms with Gasteiger partial charge in [-0.2, -0.15) is 0 Å². The van der Waals surface area contributed by atoms with Gasteiger partial charge in [-0.05, 0) is 18.1 Å². The van der Waals surface area contributed by atoms with Gasteiger partial charge in [0.15, 0.2) is 0 Å². The Morgan fingerprint density at radius 2 is 1.87 bits per heavy atom. The summed E-state index contributed by atoms with van der Waals surface area (Å²) in [6, 6.07) is 7.53. The molecule has 120 valence electrons. The molecule has 1 amide bonds. The largest absolute Gasteiger partial charge is 0.387 e. The predicted octanol–water partition coefficient (Wildman–Crippen LogP) is 3.57. The lowest BCUT2D eigenvalue weighted by molar-refractivity contribution is -0.135. The maximum atomic E-state index is 12.7. The second-order valence-corrected chi connectivity index (χ2v) is 6.44. The highest BCUT2D eigenvalue weighted by atomic mass is 35.5. The van der Waals surface area contributed by atoms with Crippen molar-refractivity contribution in [3.63, 3.8) is 0 Å². The van der Waals surface area contributed by atoms with Gasteiger partial charge < -0.3 is 10.0 Å². The van der Waals surface area contributed by atoms with Crippen molar-refractivity contribution >= 4 is 29.1 Å². The van der Waals surface area contributed by atoms with E-state index in [4.69, 9.17) is 23.2 Å². The van der Waals surface area contributed by atoms with Crippen LogP contribution in [0.1, 0.15) is 35.8 Å². The number of nitrogens with zero attached hydrogens (tertiary/aromatic N) is 2. The fourth-order valence-corrected chi connectivity index (χ4v) is 3.48. The van der Waals surface area contributed by atoms with Crippen LogP contribution in [-0.4, -0.2) is 27.4 Å². The monoisotopic (exact) mass is 350 g/mol. The van der Waals surface area contributed by atoms with E-state index in [-0.39, 0.29) is 24.9 Å². The molecule has 0 saturated carbocycles. The smallest absolute Gasteiger partial charge is 0.227 e. The molecule has 0 bridgehead atoms. The lowest BCUT2D eigenvalue weighted by atomic mass is 9.91. The molecule has 0 fully saturated rings. The molecule has 0 saturated heterocycles. The van der Waals surface area contributed by atoms with Gasteiger partial charge in [0.05, 0.1) is 35.2 Å². The Hall–Kier alpha value is -1.62. The van der Waals surface area contributed by atoms with Crippen molar-refractivity contribution < 1.29 is 9.90 Å². The summed E-state index contributed by atoms with van der Waals surface area (Å²) in [5.74, 6) is -0.124. The van der Waals surface area contributed by atoms with Gasteiger partial charge in [-0.15, -0.1) is 0 Å². The van der Waals surface area contributed by atoms with Crippen LogP contribution in [0.2, 0.25) is 10.0 Å². The Kier molecular flexibility index (Phi) is 4.57. The first-order valence-corrected chi connectivity index (χ1v) is 8.09. The molecule has 0 aliphatic carbocycles. The summed E-state index contributed by atoms with van der Waals surface area (Å²) in [7, 11) is 0. The summed E-state index contributed by atoms with van der Waals surface area (Å²) in [5.41, 5.74) is 2.41. The number of β-amino-alcohol motifs (C(OH)–C–C–N with tert-alkyl or cyclic N) is 1. The Morgan fingerprint density at radius 1 is 1.26 bits per heavy atom. The summed E-state index contributed by atoms with van der Waals surface area (Å²) in [6.07, 6.45) is 2.34. The third-order valence-corrected chi connectivity index (χ3v) is 4.89. The highest BCUT2D eigenvalue weighted by molar-refractivity contribution is 6.36. The van der Waals surface area contributed by atoms with Gasteiger partial charge in [0.2, 0.25) is 5.91 Å². The predicted molar refractivity (Wildman–Crippen MR) is 89.5 cm³/mol. The minimum absolute atomic E-state index is 0.0828. The van der Waals surface area contributed by atoms with Crippen molar-refractivity contribution in [1.82, 2.24) is 9.88 Å². The molecule has 3 rings (SSSR count). The lowest BCUT2D eigenvalue weighted by Crippen LogP contribution is -2.41. The van der Waals surface area contributed by atoms with Crippen molar-refractivity contribution in [3.05, 3.63) is 63.4 Å². The number of halogens is 2. The van der Waals surface area contributed by atoms with E-state index >= 15 is 0 Å². The summed E-state index contributed by atoms with van der Waals surface area (Å²) in [6.45, 7) is 2.22. The summed E-state index contributed by atoms with van der Waals surface area (Å²) < 4.78 is 0. The second kappa shape index (κ2) is 6.48. The molecular formula is C17H16Cl2N2O2. The van der Waals surface area contributed by atoms with Gasteiger partial charge in [0, 0.05) is 18.0 Å². The van der Waals surface area contributed by atoms with Crippen molar-refractivity contribution in [1.29, 1.82) is 0 Å². The van der Waals surface area contributed by atoms with Crippen LogP contribution < -0.4 is 0 Å². The number of rotatable bonds is 2. The minimum Gasteiger partial charge on any atom is -0.387 e. The van der Waals surface area contributed by atoms with Crippen LogP contribution in [0.4, 0.5) is 0 Å². The SMILES string of the molecule is C[C@H]1c2ccccc2[C@@H](O)CN1C(=O)Cc1c(Cl)cncc1Cl. The van der Waals surface area contributed by atoms with E-state index in [0.717, 1.165) is 11.1 Å². The molecule has 23 heavy (non-hydrogen) atoms. The van der Waals surface area contributed by atoms with E-state index in [9.17, 15) is 9.90 Å². The molecule has 6 heteroatoms. The van der Waals surface area contributed by atoms with E-state index in [1.807, 2.05) is 31.2 Å². The Bertz CT molecular complexity index is 731. The van der Waals surface area contributed by atoms with Gasteiger partial charge in [-0.3, -0.25) is 9.78 Å². The fraction of sp³-hybridized carbons (Fsp3) is 0.294. The summed E-state index contributed by atoms with van der Waals surface area (Å²) in [5, 5.41) is 11.1. The van der Waals surface area contributed by atoms with Gasteiger partial charge in [-0.1, -0.05) is 47.5 Å². The number of fused-ring (bicyclic) bond motifs is 1. The Morgan fingerprint density at radius 3 is 2.52 bits per heavy atom. The number of aromatic nitrogens is 1. The van der Waals surface area contributed by atoms with Crippen LogP contribution in [0.3, 0.4) is 0 Å². The van der Waals surface area contributed by atoms with Crippen molar-refractivity contribution in [3.8, 4) is 0 Å². The molecule has 2 aromatic rings. The number of aliphatic hydroxyl groups is 1. The van der Waals surface area contributed by atoms with Crippen molar-refractivity contribution in [2.75, 3.05) is 6.54 Å². The molecule has 1 N–H and O–H groups in total. The lowest BCUT2D eigenvalue weighted by Gasteiger charge is -2.38. The van der Waals surface area contributed by atoms with Crippen LogP contribution in [-0.2, 0) is 11.2 Å². The number of hydrogen-bond acceptors (Lipinski definition) is 3. The maximum absolute atomic E-state index is 12.7. The summed E-state index contributed by atoms with van der Waals surface area (Å²) >= 11 is 12.2. The molecule has 2 atom stereocenters. The topological polar surface area (TPSA) is 53.4 Å². The highest BCUT2D eigenvalue weighted by Crippen LogP contribution is 2.35. The van der Waals surface area contributed by atoms with E-state index in [1.54, 1.807) is 4.90 Å². The third-order valence-electron chi connectivity index (χ3n) is 4.24. The Labute approximate surface area is 144 Å². The number of hydrogen-bond donors (Lipinski definition) is 1. The zero-order valence-electron chi connectivity index (χ0n) is 12.5. The molecule has 1 aromatic carbocycles. The molecule has 1 aliphatic rings. The zero-order valence-corrected chi connectivity index (χ0v) is 14.1. The van der Waals surface area contributed by atoms with Crippen LogP contribution in [0.15, 0.2) is 36.7 Å².